The van der Waals surface area contributed by atoms with Crippen molar-refractivity contribution in [2.24, 2.45) is 11.8 Å². The molecule has 73 heavy (non-hydrogen) atoms. The van der Waals surface area contributed by atoms with Gasteiger partial charge in [0.05, 0.1) is 77.3 Å². The number of aromatic amines is 2. The van der Waals surface area contributed by atoms with Crippen molar-refractivity contribution >= 4 is 46.2 Å². The maximum absolute atomic E-state index is 17.0. The van der Waals surface area contributed by atoms with E-state index in [1.54, 1.807) is 28.6 Å². The number of aromatic nitrogens is 5. The average molecular weight is 1020 g/mol. The summed E-state index contributed by atoms with van der Waals surface area (Å²) in [6, 6.07) is 13.6. The Bertz CT molecular complexity index is 3100. The van der Waals surface area contributed by atoms with E-state index in [-0.39, 0.29) is 35.7 Å². The zero-order valence-electron chi connectivity index (χ0n) is 42.0. The minimum atomic E-state index is -0.773. The number of amides is 4. The fourth-order valence-electron chi connectivity index (χ4n) is 11.5. The van der Waals surface area contributed by atoms with Crippen molar-refractivity contribution in [2.45, 2.75) is 121 Å². The summed E-state index contributed by atoms with van der Waals surface area (Å²) in [5.74, 6) is 1.06. The first-order valence-electron chi connectivity index (χ1n) is 25.5. The summed E-state index contributed by atoms with van der Waals surface area (Å²) in [6.07, 6.45) is 8.09. The van der Waals surface area contributed by atoms with Crippen LogP contribution in [0.4, 0.5) is 14.0 Å². The Morgan fingerprint density at radius 3 is 2.12 bits per heavy atom. The molecular formula is C54H62FN9O8S. The number of halogens is 1. The lowest BCUT2D eigenvalue weighted by atomic mass is 9.82. The van der Waals surface area contributed by atoms with Crippen LogP contribution in [0.5, 0.6) is 5.75 Å². The Balaban J connectivity index is 0.893. The molecule has 8 heterocycles. The van der Waals surface area contributed by atoms with Gasteiger partial charge in [0, 0.05) is 41.1 Å². The summed E-state index contributed by atoms with van der Waals surface area (Å²) in [6.45, 7) is 9.30. The first-order valence-corrected chi connectivity index (χ1v) is 26.3. The molecule has 17 nitrogen and oxygen atoms in total. The highest BCUT2D eigenvalue weighted by atomic mass is 32.1. The van der Waals surface area contributed by atoms with Gasteiger partial charge in [-0.1, -0.05) is 19.9 Å². The maximum Gasteiger partial charge on any atom is 0.407 e. The minimum absolute atomic E-state index is 0.127. The number of fused-ring (bicyclic) bond motifs is 5. The van der Waals surface area contributed by atoms with Crippen LogP contribution in [0.15, 0.2) is 60.9 Å². The van der Waals surface area contributed by atoms with Gasteiger partial charge in [-0.15, -0.1) is 11.3 Å². The summed E-state index contributed by atoms with van der Waals surface area (Å²) in [4.78, 5) is 75.4. The van der Waals surface area contributed by atoms with Gasteiger partial charge in [-0.05, 0) is 125 Å². The second kappa shape index (κ2) is 19.3. The number of thiophene rings is 1. The molecule has 3 saturated heterocycles. The summed E-state index contributed by atoms with van der Waals surface area (Å²) < 4.78 is 41.7. The molecule has 6 aromatic rings. The molecule has 4 amide bonds. The molecule has 1 saturated carbocycles. The van der Waals surface area contributed by atoms with Crippen LogP contribution in [0, 0.1) is 17.7 Å². The lowest BCUT2D eigenvalue weighted by molar-refractivity contribution is -0.139. The molecule has 6 atom stereocenters. The molecule has 19 heteroatoms. The first kappa shape index (κ1) is 48.5. The summed E-state index contributed by atoms with van der Waals surface area (Å²) in [7, 11) is 2.57. The van der Waals surface area contributed by atoms with Gasteiger partial charge in [0.25, 0.3) is 0 Å². The lowest BCUT2D eigenvalue weighted by Crippen LogP contribution is -2.54. The number of benzene rings is 2. The van der Waals surface area contributed by atoms with E-state index < -0.39 is 41.9 Å². The molecule has 0 bridgehead atoms. The predicted octanol–water partition coefficient (Wildman–Crippen LogP) is 9.74. The van der Waals surface area contributed by atoms with Crippen molar-refractivity contribution in [3.8, 4) is 39.5 Å². The fourth-order valence-corrected chi connectivity index (χ4v) is 12.7. The van der Waals surface area contributed by atoms with Crippen molar-refractivity contribution in [3.63, 3.8) is 0 Å². The molecule has 4 aliphatic heterocycles. The van der Waals surface area contributed by atoms with Gasteiger partial charge in [-0.25, -0.2) is 23.9 Å². The molecule has 4 fully saturated rings. The van der Waals surface area contributed by atoms with Gasteiger partial charge in [0.1, 0.15) is 35.3 Å². The van der Waals surface area contributed by atoms with Gasteiger partial charge in [0.15, 0.2) is 0 Å². The molecule has 11 rings (SSSR count). The SMILES string of the molecule is COC(=O)NC(C(=O)N1CCCC1c1ncc(-c2cc(F)c3c(c2)OC(c2ccc(C4CC4)s2)n2c-3cc3cc(-c4cnc(C5CCCN5C(=O)C(NC(=O)OC)C5CCOC(C)(C)C5)[nH]4)ccc32)[nH]1)C(C)C. The van der Waals surface area contributed by atoms with E-state index in [0.717, 1.165) is 52.7 Å². The number of nitrogens with zero attached hydrogens (tertiary/aromatic N) is 5. The molecular weight excluding hydrogens is 954 g/mol. The maximum atomic E-state index is 17.0. The van der Waals surface area contributed by atoms with Crippen LogP contribution in [0.2, 0.25) is 0 Å². The highest BCUT2D eigenvalue weighted by Crippen LogP contribution is 2.50. The summed E-state index contributed by atoms with van der Waals surface area (Å²) in [5.41, 5.74) is 4.25. The average Bonchev–Trinajstić information content (AvgIpc) is 4.10. The summed E-state index contributed by atoms with van der Waals surface area (Å²) >= 11 is 1.73. The van der Waals surface area contributed by atoms with E-state index in [0.29, 0.717) is 91.2 Å². The number of methoxy groups -OCH3 is 2. The van der Waals surface area contributed by atoms with Crippen LogP contribution in [0.1, 0.15) is 125 Å². The van der Waals surface area contributed by atoms with Crippen LogP contribution in [-0.2, 0) is 23.8 Å². The van der Waals surface area contributed by atoms with Crippen molar-refractivity contribution in [2.75, 3.05) is 33.9 Å². The normalized spacial score (nSPS) is 22.1. The number of likely N-dealkylation sites (tertiary alicyclic amines) is 2. The number of nitrogens with one attached hydrogen (secondary N) is 4. The van der Waals surface area contributed by atoms with Crippen LogP contribution in [0.3, 0.4) is 0 Å². The Hall–Kier alpha value is -6.73. The first-order chi connectivity index (χ1) is 35.2. The topological polar surface area (TPSA) is 198 Å². The molecule has 384 valence electrons. The zero-order chi connectivity index (χ0) is 50.9. The molecule has 2 aromatic carbocycles. The van der Waals surface area contributed by atoms with Gasteiger partial charge in [-0.3, -0.25) is 14.2 Å². The number of H-pyrrole nitrogens is 2. The number of imidazole rings is 2. The highest BCUT2D eigenvalue weighted by Gasteiger charge is 2.44. The van der Waals surface area contributed by atoms with Crippen molar-refractivity contribution in [1.29, 1.82) is 0 Å². The van der Waals surface area contributed by atoms with E-state index in [1.807, 2.05) is 56.9 Å². The Morgan fingerprint density at radius 1 is 0.808 bits per heavy atom. The number of alkyl carbamates (subject to hydrolysis) is 2. The molecule has 1 aliphatic carbocycles. The van der Waals surface area contributed by atoms with E-state index in [2.05, 4.69) is 43.4 Å². The molecule has 4 N–H and O–H groups in total. The number of carbonyl (C=O) groups excluding carboxylic acids is 4. The van der Waals surface area contributed by atoms with Crippen LogP contribution in [0.25, 0.3) is 44.7 Å². The zero-order valence-corrected chi connectivity index (χ0v) is 42.8. The lowest BCUT2D eigenvalue weighted by Gasteiger charge is -2.40. The Morgan fingerprint density at radius 2 is 1.47 bits per heavy atom. The number of carbonyl (C=O) groups is 4. The van der Waals surface area contributed by atoms with Gasteiger partial charge >= 0.3 is 12.2 Å². The highest BCUT2D eigenvalue weighted by molar-refractivity contribution is 7.12. The molecule has 0 radical (unpaired) electrons. The van der Waals surface area contributed by atoms with E-state index in [9.17, 15) is 19.2 Å². The number of rotatable bonds is 12. The monoisotopic (exact) mass is 1020 g/mol. The van der Waals surface area contributed by atoms with Crippen LogP contribution in [-0.4, -0.2) is 110 Å². The third kappa shape index (κ3) is 9.23. The summed E-state index contributed by atoms with van der Waals surface area (Å²) in [5, 5.41) is 6.44. The van der Waals surface area contributed by atoms with Crippen LogP contribution >= 0.6 is 11.3 Å². The number of hydrogen-bond donors (Lipinski definition) is 4. The van der Waals surface area contributed by atoms with E-state index in [4.69, 9.17) is 28.9 Å². The third-order valence-electron chi connectivity index (χ3n) is 15.3. The van der Waals surface area contributed by atoms with Gasteiger partial charge in [-0.2, -0.15) is 0 Å². The second-order valence-electron chi connectivity index (χ2n) is 21.1. The quantitative estimate of drug-likeness (QED) is 0.0916. The van der Waals surface area contributed by atoms with E-state index >= 15 is 4.39 Å². The second-order valence-corrected chi connectivity index (χ2v) is 22.2. The van der Waals surface area contributed by atoms with Crippen molar-refractivity contribution in [3.05, 3.63) is 88.1 Å². The molecule has 5 aliphatic rings. The van der Waals surface area contributed by atoms with Crippen LogP contribution < -0.4 is 15.4 Å². The smallest absolute Gasteiger partial charge is 0.407 e. The largest absolute Gasteiger partial charge is 0.464 e. The molecule has 0 spiro atoms. The molecule has 6 unspecified atom stereocenters. The number of hydrogen-bond acceptors (Lipinski definition) is 11. The number of ether oxygens (including phenoxy) is 4. The standard InChI is InChI=1S/C54H62FN9O8S/c1-28(2)45(60-52(67)69-5)49(65)62-18-7-9-38(62)48-57-27-36(59-48)32-22-34(55)44-40-23-33-21-30(13-14-37(33)64(40)51(72-41(44)24-32)43-16-15-42(73-43)29-11-12-29)35-26-56-47(58-35)39-10-8-19-63(39)50(66)46(61-53(68)70-6)31-17-20-71-54(3,4)25-31/h13-16,21-24,26-29,31,38-39,45-46,51H,7-12,17-20,25H2,1-6H3,(H,56,58)(H,57,59)(H,60,67)(H,61,68). The van der Waals surface area contributed by atoms with Gasteiger partial charge < -0.3 is 49.3 Å². The predicted molar refractivity (Wildman–Crippen MR) is 271 cm³/mol. The Kier molecular flexibility index (Phi) is 12.8. The Labute approximate surface area is 426 Å². The molecule has 4 aromatic heterocycles. The third-order valence-corrected chi connectivity index (χ3v) is 16.6. The van der Waals surface area contributed by atoms with Crippen molar-refractivity contribution < 1.29 is 42.5 Å². The minimum Gasteiger partial charge on any atom is -0.464 e. The van der Waals surface area contributed by atoms with Crippen molar-refractivity contribution in [1.82, 2.24) is 44.9 Å². The fraction of sp³-hybridized carbons (Fsp3) is 0.481. The van der Waals surface area contributed by atoms with E-state index in [1.165, 1.54) is 25.2 Å². The van der Waals surface area contributed by atoms with Gasteiger partial charge in [0.2, 0.25) is 18.0 Å².